The summed E-state index contributed by atoms with van der Waals surface area (Å²) < 4.78 is 4.79. The molecule has 100 valence electrons. The van der Waals surface area contributed by atoms with Gasteiger partial charge in [-0.2, -0.15) is 0 Å². The minimum absolute atomic E-state index is 0.00753. The van der Waals surface area contributed by atoms with E-state index in [9.17, 15) is 9.59 Å². The highest BCUT2D eigenvalue weighted by atomic mass is 16.5. The Bertz CT molecular complexity index is 256. The summed E-state index contributed by atoms with van der Waals surface area (Å²) in [5, 5.41) is 14.0. The summed E-state index contributed by atoms with van der Waals surface area (Å²) >= 11 is 0. The molecule has 0 aromatic heterocycles. The number of amides is 2. The molecule has 3 N–H and O–H groups in total. The Balaban J connectivity index is 4.16. The Morgan fingerprint density at radius 3 is 2.24 bits per heavy atom. The second kappa shape index (κ2) is 7.89. The molecule has 0 fully saturated rings. The lowest BCUT2D eigenvalue weighted by Gasteiger charge is -2.20. The van der Waals surface area contributed by atoms with Crippen LogP contribution >= 0.6 is 0 Å². The first-order valence-corrected chi connectivity index (χ1v) is 5.67. The van der Waals surface area contributed by atoms with Crippen LogP contribution in [0.2, 0.25) is 0 Å². The molecular formula is C11H22N2O4. The minimum Gasteiger partial charge on any atom is -0.480 e. The highest BCUT2D eigenvalue weighted by Gasteiger charge is 2.20. The van der Waals surface area contributed by atoms with Gasteiger partial charge in [0, 0.05) is 26.2 Å². The second-order valence-corrected chi connectivity index (χ2v) is 4.32. The maximum absolute atomic E-state index is 11.5. The van der Waals surface area contributed by atoms with E-state index >= 15 is 0 Å². The van der Waals surface area contributed by atoms with E-state index in [1.807, 2.05) is 20.8 Å². The first-order valence-electron chi connectivity index (χ1n) is 5.67. The van der Waals surface area contributed by atoms with Gasteiger partial charge in [-0.05, 0) is 12.8 Å². The molecule has 0 aliphatic rings. The molecule has 0 radical (unpaired) electrons. The van der Waals surface area contributed by atoms with E-state index in [0.29, 0.717) is 5.92 Å². The van der Waals surface area contributed by atoms with Crippen molar-refractivity contribution in [1.29, 1.82) is 0 Å². The van der Waals surface area contributed by atoms with Crippen molar-refractivity contribution in [3.63, 3.8) is 0 Å². The van der Waals surface area contributed by atoms with Crippen LogP contribution in [-0.2, 0) is 9.53 Å². The number of ether oxygens (including phenoxy) is 1. The summed E-state index contributed by atoms with van der Waals surface area (Å²) in [6, 6.07) is -1.39. The maximum atomic E-state index is 11.5. The van der Waals surface area contributed by atoms with Crippen LogP contribution < -0.4 is 10.6 Å². The smallest absolute Gasteiger partial charge is 0.326 e. The molecule has 2 atom stereocenters. The summed E-state index contributed by atoms with van der Waals surface area (Å²) in [6.07, 6.45) is 0.245. The van der Waals surface area contributed by atoms with Crippen LogP contribution in [-0.4, -0.2) is 42.9 Å². The lowest BCUT2D eigenvalue weighted by atomic mass is 10.1. The fourth-order valence-electron chi connectivity index (χ4n) is 1.07. The van der Waals surface area contributed by atoms with Crippen molar-refractivity contribution < 1.29 is 19.4 Å². The Hall–Kier alpha value is -1.30. The van der Waals surface area contributed by atoms with Gasteiger partial charge in [-0.3, -0.25) is 0 Å². The third-order valence-electron chi connectivity index (χ3n) is 2.57. The van der Waals surface area contributed by atoms with Gasteiger partial charge >= 0.3 is 12.0 Å². The van der Waals surface area contributed by atoms with Crippen LogP contribution in [0.25, 0.3) is 0 Å². The maximum Gasteiger partial charge on any atom is 0.326 e. The SMILES string of the molecule is COCCC(NC(=O)NC(C)C(C)C)C(=O)O. The van der Waals surface area contributed by atoms with Gasteiger partial charge in [0.15, 0.2) is 0 Å². The quantitative estimate of drug-likeness (QED) is 0.620. The highest BCUT2D eigenvalue weighted by Crippen LogP contribution is 2.00. The van der Waals surface area contributed by atoms with Gasteiger partial charge in [-0.25, -0.2) is 9.59 Å². The number of rotatable bonds is 7. The molecule has 0 saturated carbocycles. The first kappa shape index (κ1) is 15.7. The van der Waals surface area contributed by atoms with E-state index in [-0.39, 0.29) is 19.1 Å². The molecular weight excluding hydrogens is 224 g/mol. The van der Waals surface area contributed by atoms with Gasteiger partial charge in [0.05, 0.1) is 0 Å². The third-order valence-corrected chi connectivity index (χ3v) is 2.57. The van der Waals surface area contributed by atoms with Crippen LogP contribution in [0.5, 0.6) is 0 Å². The van der Waals surface area contributed by atoms with Crippen molar-refractivity contribution in [2.75, 3.05) is 13.7 Å². The molecule has 17 heavy (non-hydrogen) atoms. The first-order chi connectivity index (χ1) is 7.88. The number of methoxy groups -OCH3 is 1. The predicted octanol–water partition coefficient (Wildman–Crippen LogP) is 0.820. The third kappa shape index (κ3) is 6.78. The summed E-state index contributed by atoms with van der Waals surface area (Å²) in [7, 11) is 1.49. The number of aliphatic carboxylic acids is 1. The van der Waals surface area contributed by atoms with Crippen LogP contribution in [0.4, 0.5) is 4.79 Å². The molecule has 0 aromatic rings. The van der Waals surface area contributed by atoms with Gasteiger partial charge in [-0.15, -0.1) is 0 Å². The molecule has 0 rings (SSSR count). The molecule has 6 heteroatoms. The van der Waals surface area contributed by atoms with E-state index in [4.69, 9.17) is 9.84 Å². The molecule has 0 aliphatic carbocycles. The zero-order valence-corrected chi connectivity index (χ0v) is 10.8. The van der Waals surface area contributed by atoms with E-state index in [1.165, 1.54) is 7.11 Å². The number of nitrogens with one attached hydrogen (secondary N) is 2. The predicted molar refractivity (Wildman–Crippen MR) is 63.9 cm³/mol. The van der Waals surface area contributed by atoms with E-state index in [2.05, 4.69) is 10.6 Å². The summed E-state index contributed by atoms with van der Waals surface area (Å²) in [5.74, 6) is -0.766. The van der Waals surface area contributed by atoms with Crippen molar-refractivity contribution in [2.24, 2.45) is 5.92 Å². The number of carboxylic acids is 1. The molecule has 0 saturated heterocycles. The Labute approximate surface area is 102 Å². The number of hydrogen-bond donors (Lipinski definition) is 3. The minimum atomic E-state index is -1.06. The normalized spacial score (nSPS) is 14.2. The Morgan fingerprint density at radius 2 is 1.82 bits per heavy atom. The fraction of sp³-hybridized carbons (Fsp3) is 0.818. The van der Waals surface area contributed by atoms with Crippen LogP contribution in [0.3, 0.4) is 0 Å². The Morgan fingerprint density at radius 1 is 1.24 bits per heavy atom. The molecule has 2 amide bonds. The standard InChI is InChI=1S/C11H22N2O4/c1-7(2)8(3)12-11(16)13-9(10(14)15)5-6-17-4/h7-9H,5-6H2,1-4H3,(H,14,15)(H2,12,13,16). The fourth-order valence-corrected chi connectivity index (χ4v) is 1.07. The summed E-state index contributed by atoms with van der Waals surface area (Å²) in [6.45, 7) is 6.11. The Kier molecular flexibility index (Phi) is 7.29. The highest BCUT2D eigenvalue weighted by molar-refractivity contribution is 5.82. The molecule has 0 aromatic carbocycles. The van der Waals surface area contributed by atoms with Gasteiger partial charge < -0.3 is 20.5 Å². The molecule has 0 aliphatic heterocycles. The topological polar surface area (TPSA) is 87.7 Å². The van der Waals surface area contributed by atoms with E-state index in [1.54, 1.807) is 0 Å². The average Bonchev–Trinajstić information content (AvgIpc) is 2.23. The van der Waals surface area contributed by atoms with E-state index in [0.717, 1.165) is 0 Å². The van der Waals surface area contributed by atoms with Crippen molar-refractivity contribution in [1.82, 2.24) is 10.6 Å². The van der Waals surface area contributed by atoms with Crippen LogP contribution in [0.1, 0.15) is 27.2 Å². The summed E-state index contributed by atoms with van der Waals surface area (Å²) in [4.78, 5) is 22.4. The van der Waals surface area contributed by atoms with Crippen molar-refractivity contribution in [3.05, 3.63) is 0 Å². The van der Waals surface area contributed by atoms with Crippen LogP contribution in [0, 0.1) is 5.92 Å². The van der Waals surface area contributed by atoms with Gasteiger partial charge in [0.1, 0.15) is 6.04 Å². The number of urea groups is 1. The summed E-state index contributed by atoms with van der Waals surface area (Å²) in [5.41, 5.74) is 0. The zero-order valence-electron chi connectivity index (χ0n) is 10.8. The molecule has 0 spiro atoms. The van der Waals surface area contributed by atoms with Gasteiger partial charge in [0.2, 0.25) is 0 Å². The number of carbonyl (C=O) groups excluding carboxylic acids is 1. The number of hydrogen-bond acceptors (Lipinski definition) is 3. The molecule has 0 heterocycles. The van der Waals surface area contributed by atoms with Crippen molar-refractivity contribution in [3.8, 4) is 0 Å². The second-order valence-electron chi connectivity index (χ2n) is 4.32. The van der Waals surface area contributed by atoms with Gasteiger partial charge in [0.25, 0.3) is 0 Å². The van der Waals surface area contributed by atoms with Crippen LogP contribution in [0.15, 0.2) is 0 Å². The number of carboxylic acid groups (broad SMARTS) is 1. The molecule has 6 nitrogen and oxygen atoms in total. The molecule has 2 unspecified atom stereocenters. The largest absolute Gasteiger partial charge is 0.480 e. The zero-order chi connectivity index (χ0) is 13.4. The number of carbonyl (C=O) groups is 2. The monoisotopic (exact) mass is 246 g/mol. The lowest BCUT2D eigenvalue weighted by molar-refractivity contribution is -0.139. The average molecular weight is 246 g/mol. The van der Waals surface area contributed by atoms with Crippen molar-refractivity contribution >= 4 is 12.0 Å². The lowest BCUT2D eigenvalue weighted by Crippen LogP contribution is -2.49. The van der Waals surface area contributed by atoms with Crippen molar-refractivity contribution in [2.45, 2.75) is 39.3 Å². The molecule has 0 bridgehead atoms. The van der Waals surface area contributed by atoms with E-state index < -0.39 is 18.0 Å². The van der Waals surface area contributed by atoms with Gasteiger partial charge in [-0.1, -0.05) is 13.8 Å².